The molecule has 0 saturated heterocycles. The number of aryl methyl sites for hydroxylation is 1. The highest BCUT2D eigenvalue weighted by Gasteiger charge is 2.24. The van der Waals surface area contributed by atoms with Crippen molar-refractivity contribution in [1.29, 1.82) is 0 Å². The van der Waals surface area contributed by atoms with Crippen LogP contribution < -0.4 is 10.9 Å². The third-order valence-electron chi connectivity index (χ3n) is 4.61. The van der Waals surface area contributed by atoms with E-state index >= 15 is 0 Å². The van der Waals surface area contributed by atoms with Gasteiger partial charge in [-0.25, -0.2) is 9.37 Å². The number of fused-ring (bicyclic) bond motifs is 2. The van der Waals surface area contributed by atoms with E-state index in [1.165, 1.54) is 17.8 Å². The van der Waals surface area contributed by atoms with E-state index in [0.29, 0.717) is 28.0 Å². The van der Waals surface area contributed by atoms with E-state index < -0.39 is 0 Å². The number of nitrogens with zero attached hydrogens (tertiary/aromatic N) is 1. The van der Waals surface area contributed by atoms with Gasteiger partial charge in [-0.3, -0.25) is 9.59 Å². The van der Waals surface area contributed by atoms with E-state index in [4.69, 9.17) is 0 Å². The lowest BCUT2D eigenvalue weighted by atomic mass is 10.0. The van der Waals surface area contributed by atoms with Crippen LogP contribution in [0.4, 0.5) is 4.39 Å². The van der Waals surface area contributed by atoms with Gasteiger partial charge in [-0.15, -0.1) is 11.8 Å². The molecule has 2 heterocycles. The summed E-state index contributed by atoms with van der Waals surface area (Å²) in [5, 5.41) is 3.52. The van der Waals surface area contributed by atoms with Gasteiger partial charge in [0.1, 0.15) is 11.6 Å². The number of benzene rings is 2. The monoisotopic (exact) mass is 383 g/mol. The molecular weight excluding hydrogens is 365 g/mol. The van der Waals surface area contributed by atoms with Crippen LogP contribution in [0.25, 0.3) is 10.9 Å². The molecule has 0 radical (unpaired) electrons. The number of carbonyl (C=O) groups excluding carboxylic acids is 1. The molecule has 138 valence electrons. The average Bonchev–Trinajstić information content (AvgIpc) is 2.67. The summed E-state index contributed by atoms with van der Waals surface area (Å²) in [6, 6.07) is 11.9. The Hall–Kier alpha value is -2.67. The van der Waals surface area contributed by atoms with Crippen LogP contribution in [0.3, 0.4) is 0 Å². The molecular formula is C20H18FN3O2S. The largest absolute Gasteiger partial charge is 0.349 e. The van der Waals surface area contributed by atoms with E-state index in [1.54, 1.807) is 24.3 Å². The van der Waals surface area contributed by atoms with E-state index in [0.717, 1.165) is 17.7 Å². The Morgan fingerprint density at radius 3 is 3.00 bits per heavy atom. The third kappa shape index (κ3) is 3.73. The molecule has 0 saturated carbocycles. The SMILES string of the molecule is O=C(CCc1nc2ccccc2c(=O)[nH]1)NC1CCSc2c(F)cccc21. The molecule has 1 unspecified atom stereocenters. The lowest BCUT2D eigenvalue weighted by Crippen LogP contribution is -2.31. The molecule has 27 heavy (non-hydrogen) atoms. The van der Waals surface area contributed by atoms with Gasteiger partial charge in [0, 0.05) is 23.5 Å². The first-order valence-corrected chi connectivity index (χ1v) is 9.79. The fraction of sp³-hybridized carbons (Fsp3) is 0.250. The Morgan fingerprint density at radius 1 is 1.26 bits per heavy atom. The van der Waals surface area contributed by atoms with Crippen LogP contribution in [0.2, 0.25) is 0 Å². The molecule has 1 aliphatic heterocycles. The lowest BCUT2D eigenvalue weighted by Gasteiger charge is -2.26. The van der Waals surface area contributed by atoms with Gasteiger partial charge < -0.3 is 10.3 Å². The van der Waals surface area contributed by atoms with Crippen LogP contribution in [0.1, 0.15) is 30.3 Å². The average molecular weight is 383 g/mol. The van der Waals surface area contributed by atoms with Crippen molar-refractivity contribution >= 4 is 28.6 Å². The molecule has 1 atom stereocenters. The molecule has 1 aliphatic rings. The smallest absolute Gasteiger partial charge is 0.258 e. The summed E-state index contributed by atoms with van der Waals surface area (Å²) in [6.45, 7) is 0. The minimum Gasteiger partial charge on any atom is -0.349 e. The number of hydrogen-bond donors (Lipinski definition) is 2. The molecule has 3 aromatic rings. The zero-order chi connectivity index (χ0) is 18.8. The van der Waals surface area contributed by atoms with Crippen molar-refractivity contribution < 1.29 is 9.18 Å². The van der Waals surface area contributed by atoms with Crippen molar-refractivity contribution in [2.45, 2.75) is 30.2 Å². The summed E-state index contributed by atoms with van der Waals surface area (Å²) in [5.41, 5.74) is 1.24. The van der Waals surface area contributed by atoms with Gasteiger partial charge in [-0.1, -0.05) is 24.3 Å². The third-order valence-corrected chi connectivity index (χ3v) is 5.77. The molecule has 0 bridgehead atoms. The number of para-hydroxylation sites is 1. The summed E-state index contributed by atoms with van der Waals surface area (Å²) in [7, 11) is 0. The maximum atomic E-state index is 13.9. The first kappa shape index (κ1) is 17.7. The maximum absolute atomic E-state index is 13.9. The second-order valence-electron chi connectivity index (χ2n) is 6.45. The predicted molar refractivity (Wildman–Crippen MR) is 103 cm³/mol. The van der Waals surface area contributed by atoms with Crippen molar-refractivity contribution in [2.24, 2.45) is 0 Å². The fourth-order valence-electron chi connectivity index (χ4n) is 3.29. The van der Waals surface area contributed by atoms with Gasteiger partial charge in [-0.05, 0) is 30.2 Å². The summed E-state index contributed by atoms with van der Waals surface area (Å²) < 4.78 is 13.9. The number of nitrogens with one attached hydrogen (secondary N) is 2. The van der Waals surface area contributed by atoms with Crippen molar-refractivity contribution in [3.8, 4) is 0 Å². The summed E-state index contributed by atoms with van der Waals surface area (Å²) in [5.74, 6) is 0.866. The number of hydrogen-bond acceptors (Lipinski definition) is 4. The molecule has 0 spiro atoms. The summed E-state index contributed by atoms with van der Waals surface area (Å²) >= 11 is 1.48. The van der Waals surface area contributed by atoms with Crippen LogP contribution >= 0.6 is 11.8 Å². The van der Waals surface area contributed by atoms with E-state index in [2.05, 4.69) is 15.3 Å². The molecule has 2 N–H and O–H groups in total. The second-order valence-corrected chi connectivity index (χ2v) is 7.55. The molecule has 4 rings (SSSR count). The van der Waals surface area contributed by atoms with Gasteiger partial charge in [0.2, 0.25) is 5.91 Å². The van der Waals surface area contributed by atoms with Crippen LogP contribution in [-0.2, 0) is 11.2 Å². The maximum Gasteiger partial charge on any atom is 0.258 e. The normalized spacial score (nSPS) is 16.1. The Morgan fingerprint density at radius 2 is 2.11 bits per heavy atom. The minimum atomic E-state index is -0.241. The molecule has 5 nitrogen and oxygen atoms in total. The zero-order valence-corrected chi connectivity index (χ0v) is 15.3. The van der Waals surface area contributed by atoms with Crippen LogP contribution in [0, 0.1) is 5.82 Å². The fourth-order valence-corrected chi connectivity index (χ4v) is 4.43. The number of aromatic amines is 1. The molecule has 1 amide bonds. The van der Waals surface area contributed by atoms with Gasteiger partial charge >= 0.3 is 0 Å². The molecule has 0 fully saturated rings. The quantitative estimate of drug-likeness (QED) is 0.725. The summed E-state index contributed by atoms with van der Waals surface area (Å²) in [4.78, 5) is 32.3. The van der Waals surface area contributed by atoms with Gasteiger partial charge in [0.25, 0.3) is 5.56 Å². The van der Waals surface area contributed by atoms with Gasteiger partial charge in [0.05, 0.1) is 16.9 Å². The van der Waals surface area contributed by atoms with Crippen molar-refractivity contribution in [2.75, 3.05) is 5.75 Å². The Balaban J connectivity index is 1.44. The van der Waals surface area contributed by atoms with E-state index in [-0.39, 0.29) is 29.7 Å². The standard InChI is InChI=1S/C20H18FN3O2S/c21-14-6-3-5-12-16(10-11-27-19(12)14)23-18(25)9-8-17-22-15-7-2-1-4-13(15)20(26)24-17/h1-7,16H,8-11H2,(H,23,25)(H,22,24,26). The number of H-pyrrole nitrogens is 1. The minimum absolute atomic E-state index is 0.141. The topological polar surface area (TPSA) is 74.8 Å². The van der Waals surface area contributed by atoms with Crippen LogP contribution in [0.15, 0.2) is 52.2 Å². The van der Waals surface area contributed by atoms with Gasteiger partial charge in [-0.2, -0.15) is 0 Å². The van der Waals surface area contributed by atoms with Crippen LogP contribution in [0.5, 0.6) is 0 Å². The Labute approximate surface area is 159 Å². The van der Waals surface area contributed by atoms with Crippen molar-refractivity contribution in [3.63, 3.8) is 0 Å². The van der Waals surface area contributed by atoms with Crippen LogP contribution in [-0.4, -0.2) is 21.6 Å². The Kier molecular flexibility index (Phi) is 4.94. The number of rotatable bonds is 4. The van der Waals surface area contributed by atoms with Gasteiger partial charge in [0.15, 0.2) is 0 Å². The highest BCUT2D eigenvalue weighted by molar-refractivity contribution is 7.99. The highest BCUT2D eigenvalue weighted by Crippen LogP contribution is 2.37. The summed E-state index contributed by atoms with van der Waals surface area (Å²) in [6.07, 6.45) is 1.30. The highest BCUT2D eigenvalue weighted by atomic mass is 32.2. The van der Waals surface area contributed by atoms with Crippen molar-refractivity contribution in [3.05, 3.63) is 70.0 Å². The molecule has 2 aromatic carbocycles. The second kappa shape index (κ2) is 7.52. The number of aromatic nitrogens is 2. The first-order valence-electron chi connectivity index (χ1n) is 8.80. The predicted octanol–water partition coefficient (Wildman–Crippen LogP) is 3.35. The lowest BCUT2D eigenvalue weighted by molar-refractivity contribution is -0.121. The first-order chi connectivity index (χ1) is 13.1. The molecule has 1 aromatic heterocycles. The molecule has 7 heteroatoms. The number of thioether (sulfide) groups is 1. The van der Waals surface area contributed by atoms with E-state index in [1.807, 2.05) is 12.1 Å². The number of halogens is 1. The van der Waals surface area contributed by atoms with Crippen molar-refractivity contribution in [1.82, 2.24) is 15.3 Å². The Bertz CT molecular complexity index is 1070. The van der Waals surface area contributed by atoms with E-state index in [9.17, 15) is 14.0 Å². The molecule has 0 aliphatic carbocycles. The number of amides is 1. The number of carbonyl (C=O) groups is 1. The zero-order valence-electron chi connectivity index (χ0n) is 14.5.